The molecule has 29 heavy (non-hydrogen) atoms. The lowest BCUT2D eigenvalue weighted by molar-refractivity contribution is -0.308. The Morgan fingerprint density at radius 2 is 1.90 bits per heavy atom. The van der Waals surface area contributed by atoms with Crippen LogP contribution in [-0.2, 0) is 4.79 Å². The van der Waals surface area contributed by atoms with Crippen LogP contribution < -0.4 is 9.84 Å². The Hall–Kier alpha value is -3.10. The van der Waals surface area contributed by atoms with Crippen molar-refractivity contribution in [1.82, 2.24) is 10.3 Å². The summed E-state index contributed by atoms with van der Waals surface area (Å²) >= 11 is 0. The molecule has 0 saturated heterocycles. The second-order valence-corrected chi connectivity index (χ2v) is 7.21. The maximum absolute atomic E-state index is 12.6. The zero-order valence-electron chi connectivity index (χ0n) is 15.1. The maximum atomic E-state index is 12.6. The molecule has 0 aliphatic heterocycles. The predicted octanol–water partition coefficient (Wildman–Crippen LogP) is 3.46. The molecular formula is C20H16F3N2O4-. The molecule has 3 aromatic rings. The van der Waals surface area contributed by atoms with E-state index in [0.29, 0.717) is 40.1 Å². The van der Waals surface area contributed by atoms with Crippen molar-refractivity contribution in [3.05, 3.63) is 42.0 Å². The molecular weight excluding hydrogens is 389 g/mol. The summed E-state index contributed by atoms with van der Waals surface area (Å²) in [6, 6.07) is 9.44. The molecule has 0 spiro atoms. The number of rotatable bonds is 7. The lowest BCUT2D eigenvalue weighted by Gasteiger charge is -2.21. The highest BCUT2D eigenvalue weighted by molar-refractivity contribution is 5.82. The molecule has 1 heterocycles. The largest absolute Gasteiger partial charge is 0.549 e. The van der Waals surface area contributed by atoms with Crippen LogP contribution in [0.2, 0.25) is 0 Å². The van der Waals surface area contributed by atoms with Gasteiger partial charge in [0, 0.05) is 11.9 Å². The van der Waals surface area contributed by atoms with E-state index in [-0.39, 0.29) is 5.75 Å². The Kier molecular flexibility index (Phi) is 4.89. The molecule has 0 N–H and O–H groups in total. The average Bonchev–Trinajstić information content (AvgIpc) is 3.37. The van der Waals surface area contributed by atoms with E-state index in [4.69, 9.17) is 4.74 Å². The van der Waals surface area contributed by atoms with Crippen molar-refractivity contribution in [1.29, 1.82) is 0 Å². The van der Waals surface area contributed by atoms with Gasteiger partial charge in [-0.2, -0.15) is 13.2 Å². The van der Waals surface area contributed by atoms with Crippen molar-refractivity contribution < 1.29 is 32.4 Å². The summed E-state index contributed by atoms with van der Waals surface area (Å²) in [6.07, 6.45) is -2.24. The number of hydrogen-bond donors (Lipinski definition) is 0. The smallest absolute Gasteiger partial charge is 0.422 e. The monoisotopic (exact) mass is 405 g/mol. The van der Waals surface area contributed by atoms with Gasteiger partial charge in [0.1, 0.15) is 16.8 Å². The molecule has 6 nitrogen and oxygen atoms in total. The van der Waals surface area contributed by atoms with Gasteiger partial charge < -0.3 is 14.6 Å². The summed E-state index contributed by atoms with van der Waals surface area (Å²) in [5.41, 5.74) is 2.48. The third kappa shape index (κ3) is 4.67. The predicted molar refractivity (Wildman–Crippen MR) is 93.9 cm³/mol. The first-order chi connectivity index (χ1) is 13.8. The Balaban J connectivity index is 1.74. The van der Waals surface area contributed by atoms with E-state index in [9.17, 15) is 23.1 Å². The fourth-order valence-electron chi connectivity index (χ4n) is 3.26. The van der Waals surface area contributed by atoms with Crippen molar-refractivity contribution in [2.45, 2.75) is 31.4 Å². The second kappa shape index (κ2) is 7.38. The molecule has 2 aromatic carbocycles. The summed E-state index contributed by atoms with van der Waals surface area (Å²) < 4.78 is 47.4. The lowest BCUT2D eigenvalue weighted by atomic mass is 9.90. The van der Waals surface area contributed by atoms with Crippen molar-refractivity contribution in [2.24, 2.45) is 5.92 Å². The quantitative estimate of drug-likeness (QED) is 0.598. The number of aromatic nitrogens is 2. The molecule has 1 aliphatic carbocycles. The van der Waals surface area contributed by atoms with Crippen LogP contribution in [0.4, 0.5) is 13.2 Å². The number of alkyl halides is 3. The minimum absolute atomic E-state index is 0.0600. The highest BCUT2D eigenvalue weighted by Gasteiger charge is 2.30. The van der Waals surface area contributed by atoms with E-state index in [0.717, 1.165) is 12.8 Å². The number of nitrogens with zero attached hydrogens (tertiary/aromatic N) is 2. The summed E-state index contributed by atoms with van der Waals surface area (Å²) in [7, 11) is 0. The number of hydrogen-bond acceptors (Lipinski definition) is 6. The molecule has 1 saturated carbocycles. The Morgan fingerprint density at radius 3 is 2.59 bits per heavy atom. The minimum Gasteiger partial charge on any atom is -0.549 e. The maximum Gasteiger partial charge on any atom is 0.422 e. The molecule has 152 valence electrons. The van der Waals surface area contributed by atoms with Gasteiger partial charge in [-0.3, -0.25) is 0 Å². The van der Waals surface area contributed by atoms with E-state index >= 15 is 0 Å². The highest BCUT2D eigenvalue weighted by atomic mass is 19.4. The molecule has 4 rings (SSSR count). The fraction of sp³-hybridized carbons (Fsp3) is 0.350. The number of aliphatic carboxylic acids is 1. The Bertz CT molecular complexity index is 1040. The van der Waals surface area contributed by atoms with Gasteiger partial charge in [-0.15, -0.1) is 0 Å². The fourth-order valence-corrected chi connectivity index (χ4v) is 3.26. The van der Waals surface area contributed by atoms with Crippen LogP contribution in [0.25, 0.3) is 22.2 Å². The van der Waals surface area contributed by atoms with Gasteiger partial charge in [0.15, 0.2) is 6.61 Å². The number of ether oxygens (including phenoxy) is 1. The molecule has 1 aromatic heterocycles. The number of carbonyl (C=O) groups is 1. The summed E-state index contributed by atoms with van der Waals surface area (Å²) in [5, 5.41) is 19.2. The first-order valence-electron chi connectivity index (χ1n) is 9.06. The summed E-state index contributed by atoms with van der Waals surface area (Å²) in [5.74, 6) is -1.95. The molecule has 1 unspecified atom stereocenters. The van der Waals surface area contributed by atoms with Gasteiger partial charge in [0.05, 0.1) is 0 Å². The van der Waals surface area contributed by atoms with E-state index in [1.54, 1.807) is 24.3 Å². The summed E-state index contributed by atoms with van der Waals surface area (Å²) in [4.78, 5) is 11.7. The van der Waals surface area contributed by atoms with Gasteiger partial charge in [-0.25, -0.2) is 4.63 Å². The van der Waals surface area contributed by atoms with Crippen molar-refractivity contribution >= 4 is 17.0 Å². The molecule has 1 fully saturated rings. The second-order valence-electron chi connectivity index (χ2n) is 7.21. The first-order valence-corrected chi connectivity index (χ1v) is 9.06. The molecule has 0 amide bonds. The van der Waals surface area contributed by atoms with E-state index in [2.05, 4.69) is 14.9 Å². The average molecular weight is 405 g/mol. The number of fused-ring (bicyclic) bond motifs is 1. The zero-order chi connectivity index (χ0) is 20.6. The molecule has 9 heteroatoms. The highest BCUT2D eigenvalue weighted by Crippen LogP contribution is 2.40. The van der Waals surface area contributed by atoms with Crippen LogP contribution in [-0.4, -0.2) is 29.1 Å². The number of carbonyl (C=O) groups excluding carboxylic acids is 1. The zero-order valence-corrected chi connectivity index (χ0v) is 15.1. The minimum atomic E-state index is -4.51. The number of carboxylic acid groups (broad SMARTS) is 1. The van der Waals surface area contributed by atoms with Crippen LogP contribution in [0.1, 0.15) is 30.7 Å². The van der Waals surface area contributed by atoms with E-state index in [1.165, 1.54) is 12.1 Å². The number of halogens is 3. The molecule has 0 bridgehead atoms. The van der Waals surface area contributed by atoms with E-state index < -0.39 is 24.7 Å². The Morgan fingerprint density at radius 1 is 1.14 bits per heavy atom. The van der Waals surface area contributed by atoms with Crippen LogP contribution in [0.3, 0.4) is 0 Å². The number of benzene rings is 2. The topological polar surface area (TPSA) is 88.3 Å². The lowest BCUT2D eigenvalue weighted by Crippen LogP contribution is -2.30. The first kappa shape index (κ1) is 19.2. The number of carboxylic acids is 1. The van der Waals surface area contributed by atoms with Crippen molar-refractivity contribution in [2.75, 3.05) is 6.61 Å². The van der Waals surface area contributed by atoms with Gasteiger partial charge in [-0.1, -0.05) is 25.0 Å². The standard InChI is InChI=1S/C20H17F3N2O4/c21-20(22,23)10-28-15-7-13(12-3-4-17-18(9-12)25-29-24-17)6-14(8-15)16(19(26)27)5-11-1-2-11/h3-4,6-9,11,16H,1-2,5,10H2,(H,26,27)/p-1. The third-order valence-electron chi connectivity index (χ3n) is 4.87. The third-order valence-corrected chi connectivity index (χ3v) is 4.87. The SMILES string of the molecule is O=C([O-])C(CC1CC1)c1cc(OCC(F)(F)F)cc(-c2ccc3nonc3c2)c1. The van der Waals surface area contributed by atoms with Crippen LogP contribution in [0.5, 0.6) is 5.75 Å². The van der Waals surface area contributed by atoms with Crippen molar-refractivity contribution in [3.63, 3.8) is 0 Å². The van der Waals surface area contributed by atoms with Gasteiger partial charge in [0.2, 0.25) is 0 Å². The molecule has 0 radical (unpaired) electrons. The van der Waals surface area contributed by atoms with Crippen LogP contribution >= 0.6 is 0 Å². The molecule has 1 aliphatic rings. The van der Waals surface area contributed by atoms with Gasteiger partial charge in [-0.05, 0) is 63.6 Å². The van der Waals surface area contributed by atoms with Gasteiger partial charge in [0.25, 0.3) is 0 Å². The normalized spacial score (nSPS) is 15.4. The summed E-state index contributed by atoms with van der Waals surface area (Å²) in [6.45, 7) is -1.47. The van der Waals surface area contributed by atoms with E-state index in [1.807, 2.05) is 0 Å². The van der Waals surface area contributed by atoms with Crippen LogP contribution in [0.15, 0.2) is 41.0 Å². The molecule has 1 atom stereocenters. The van der Waals surface area contributed by atoms with Crippen LogP contribution in [0, 0.1) is 5.92 Å². The van der Waals surface area contributed by atoms with Crippen molar-refractivity contribution in [3.8, 4) is 16.9 Å². The Labute approximate surface area is 163 Å². The van der Waals surface area contributed by atoms with Gasteiger partial charge >= 0.3 is 6.18 Å².